The molecular weight excluding hydrogens is 292 g/mol. The van der Waals surface area contributed by atoms with Crippen LogP contribution in [-0.4, -0.2) is 32.0 Å². The van der Waals surface area contributed by atoms with Crippen LogP contribution in [0.3, 0.4) is 0 Å². The van der Waals surface area contributed by atoms with Crippen LogP contribution in [0.15, 0.2) is 40.0 Å². The molecule has 0 atom stereocenters. The highest BCUT2D eigenvalue weighted by Gasteiger charge is 2.17. The summed E-state index contributed by atoms with van der Waals surface area (Å²) in [6, 6.07) is 7.84. The number of benzene rings is 1. The number of nitrogens with zero attached hydrogens (tertiary/aromatic N) is 1. The molecule has 0 amide bonds. The monoisotopic (exact) mass is 306 g/mol. The molecule has 2 rings (SSSR count). The third-order valence-electron chi connectivity index (χ3n) is 2.73. The summed E-state index contributed by atoms with van der Waals surface area (Å²) in [5.74, 6) is 0.286. The molecule has 0 spiro atoms. The van der Waals surface area contributed by atoms with Crippen LogP contribution in [-0.2, 0) is 9.84 Å². The molecule has 0 bridgehead atoms. The van der Waals surface area contributed by atoms with Crippen LogP contribution in [0.1, 0.15) is 11.3 Å². The Balaban J connectivity index is 2.49. The highest BCUT2D eigenvalue weighted by molar-refractivity contribution is 7.90. The topological polar surface area (TPSA) is 89.1 Å². The van der Waals surface area contributed by atoms with Gasteiger partial charge < -0.3 is 4.74 Å². The maximum absolute atomic E-state index is 11.9. The minimum Gasteiger partial charge on any atom is -0.495 e. The number of methoxy groups -OCH3 is 1. The molecule has 1 N–H and O–H groups in total. The molecule has 0 saturated carbocycles. The number of hydrogen-bond donors (Lipinski definition) is 1. The Morgan fingerprint density at radius 1 is 1.19 bits per heavy atom. The molecule has 0 aliphatic carbocycles. The number of aromatic amines is 1. The quantitative estimate of drug-likeness (QED) is 0.921. The summed E-state index contributed by atoms with van der Waals surface area (Å²) >= 11 is 0. The van der Waals surface area contributed by atoms with Crippen LogP contribution in [0.5, 0.6) is 5.75 Å². The van der Waals surface area contributed by atoms with Crippen LogP contribution < -0.4 is 10.3 Å². The molecule has 0 unspecified atom stereocenters. The van der Waals surface area contributed by atoms with E-state index in [4.69, 9.17) is 4.74 Å². The Bertz CT molecular complexity index is 818. The first-order valence-corrected chi connectivity index (χ1v) is 7.92. The number of nitrogens with one attached hydrogen (secondary N) is 1. The van der Waals surface area contributed by atoms with E-state index in [0.717, 1.165) is 6.26 Å². The molecule has 2 aromatic rings. The van der Waals surface area contributed by atoms with Crippen molar-refractivity contribution in [2.75, 3.05) is 13.4 Å². The summed E-state index contributed by atoms with van der Waals surface area (Å²) in [5, 5.41) is 6.13. The number of H-pyrrole nitrogens is 1. The van der Waals surface area contributed by atoms with Gasteiger partial charge in [-0.25, -0.2) is 13.5 Å². The highest BCUT2D eigenvalue weighted by Crippen LogP contribution is 2.28. The van der Waals surface area contributed by atoms with Gasteiger partial charge in [-0.1, -0.05) is 18.2 Å². The van der Waals surface area contributed by atoms with Crippen LogP contribution in [0, 0.1) is 0 Å². The van der Waals surface area contributed by atoms with Gasteiger partial charge in [0.25, 0.3) is 5.56 Å². The van der Waals surface area contributed by atoms with E-state index in [1.54, 1.807) is 30.4 Å². The first-order valence-electron chi connectivity index (χ1n) is 6.02. The fourth-order valence-electron chi connectivity index (χ4n) is 1.84. The van der Waals surface area contributed by atoms with E-state index < -0.39 is 9.84 Å². The third kappa shape index (κ3) is 3.57. The smallest absolute Gasteiger partial charge is 0.264 e. The Kier molecular flexibility index (Phi) is 4.23. The van der Waals surface area contributed by atoms with Crippen molar-refractivity contribution in [3.8, 4) is 5.75 Å². The lowest BCUT2D eigenvalue weighted by molar-refractivity contribution is 0.402. The van der Waals surface area contributed by atoms with Gasteiger partial charge in [-0.15, -0.1) is 0 Å². The van der Waals surface area contributed by atoms with E-state index in [9.17, 15) is 13.2 Å². The average Bonchev–Trinajstić information content (AvgIpc) is 2.45. The largest absolute Gasteiger partial charge is 0.495 e. The second kappa shape index (κ2) is 5.92. The molecule has 0 radical (unpaired) electrons. The Morgan fingerprint density at radius 2 is 1.95 bits per heavy atom. The Morgan fingerprint density at radius 3 is 2.52 bits per heavy atom. The summed E-state index contributed by atoms with van der Waals surface area (Å²) in [6.07, 6.45) is 4.35. The predicted molar refractivity (Wildman–Crippen MR) is 79.9 cm³/mol. The first kappa shape index (κ1) is 15.0. The molecule has 110 valence electrons. The zero-order valence-corrected chi connectivity index (χ0v) is 12.3. The molecular formula is C14H14N2O4S. The van der Waals surface area contributed by atoms with Gasteiger partial charge in [0.05, 0.1) is 12.8 Å². The normalized spacial score (nSPS) is 11.7. The summed E-state index contributed by atoms with van der Waals surface area (Å²) in [5.41, 5.74) is 0.701. The van der Waals surface area contributed by atoms with E-state index in [-0.39, 0.29) is 16.2 Å². The van der Waals surface area contributed by atoms with Crippen molar-refractivity contribution in [2.24, 2.45) is 0 Å². The second-order valence-electron chi connectivity index (χ2n) is 4.33. The van der Waals surface area contributed by atoms with Gasteiger partial charge in [0.1, 0.15) is 10.6 Å². The van der Waals surface area contributed by atoms with Gasteiger partial charge in [-0.05, 0) is 23.8 Å². The van der Waals surface area contributed by atoms with Crippen LogP contribution >= 0.6 is 0 Å². The summed E-state index contributed by atoms with van der Waals surface area (Å²) < 4.78 is 28.9. The van der Waals surface area contributed by atoms with Crippen molar-refractivity contribution in [3.63, 3.8) is 0 Å². The number of ether oxygens (including phenoxy) is 1. The van der Waals surface area contributed by atoms with Crippen LogP contribution in [0.4, 0.5) is 0 Å². The number of sulfone groups is 1. The second-order valence-corrected chi connectivity index (χ2v) is 6.28. The average molecular weight is 306 g/mol. The van der Waals surface area contributed by atoms with Crippen molar-refractivity contribution >= 4 is 22.0 Å². The lowest BCUT2D eigenvalue weighted by Crippen LogP contribution is -2.05. The van der Waals surface area contributed by atoms with Crippen LogP contribution in [0.25, 0.3) is 12.2 Å². The maximum Gasteiger partial charge on any atom is 0.264 e. The van der Waals surface area contributed by atoms with Crippen molar-refractivity contribution < 1.29 is 13.2 Å². The minimum absolute atomic E-state index is 0.119. The minimum atomic E-state index is -3.44. The predicted octanol–water partition coefficient (Wildman–Crippen LogP) is 1.35. The standard InChI is InChI=1S/C14H14N2O4S/c1-20-12-5-3-4-10(14(12)21(2,18)19)6-7-11-8-9-13(17)16-15-11/h3-9H,1-2H3,(H,16,17)/b7-6+. The number of aromatic nitrogens is 2. The number of hydrogen-bond acceptors (Lipinski definition) is 5. The molecule has 0 aliphatic heterocycles. The van der Waals surface area contributed by atoms with E-state index >= 15 is 0 Å². The molecule has 7 heteroatoms. The van der Waals surface area contributed by atoms with Crippen LogP contribution in [0.2, 0.25) is 0 Å². The fourth-order valence-corrected chi connectivity index (χ4v) is 2.93. The molecule has 1 aromatic carbocycles. The lowest BCUT2D eigenvalue weighted by atomic mass is 10.2. The zero-order valence-electron chi connectivity index (χ0n) is 11.5. The Labute approximate surface area is 122 Å². The summed E-state index contributed by atoms with van der Waals surface area (Å²) in [6.45, 7) is 0. The van der Waals surface area contributed by atoms with Gasteiger partial charge >= 0.3 is 0 Å². The van der Waals surface area contributed by atoms with E-state index in [1.165, 1.54) is 19.2 Å². The van der Waals surface area contributed by atoms with E-state index in [1.807, 2.05) is 0 Å². The van der Waals surface area contributed by atoms with Gasteiger partial charge in [0.2, 0.25) is 0 Å². The van der Waals surface area contributed by atoms with Crippen molar-refractivity contribution in [1.82, 2.24) is 10.2 Å². The first-order chi connectivity index (χ1) is 9.91. The SMILES string of the molecule is COc1cccc(/C=C/c2ccc(=O)[nH]n2)c1S(C)(=O)=O. The van der Waals surface area contributed by atoms with Gasteiger partial charge in [-0.3, -0.25) is 4.79 Å². The Hall–Kier alpha value is -2.41. The molecule has 0 fully saturated rings. The molecule has 21 heavy (non-hydrogen) atoms. The molecule has 0 aliphatic rings. The van der Waals surface area contributed by atoms with Gasteiger partial charge in [0, 0.05) is 12.3 Å². The van der Waals surface area contributed by atoms with Gasteiger partial charge in [-0.2, -0.15) is 5.10 Å². The molecule has 1 aromatic heterocycles. The molecule has 1 heterocycles. The van der Waals surface area contributed by atoms with E-state index in [2.05, 4.69) is 10.2 Å². The summed E-state index contributed by atoms with van der Waals surface area (Å²) in [7, 11) is -2.02. The molecule has 6 nitrogen and oxygen atoms in total. The van der Waals surface area contributed by atoms with E-state index in [0.29, 0.717) is 11.3 Å². The zero-order chi connectivity index (χ0) is 15.5. The maximum atomic E-state index is 11.9. The molecule has 0 saturated heterocycles. The highest BCUT2D eigenvalue weighted by atomic mass is 32.2. The van der Waals surface area contributed by atoms with Crippen molar-refractivity contribution in [1.29, 1.82) is 0 Å². The lowest BCUT2D eigenvalue weighted by Gasteiger charge is -2.09. The van der Waals surface area contributed by atoms with Crippen molar-refractivity contribution in [3.05, 3.63) is 51.9 Å². The van der Waals surface area contributed by atoms with Gasteiger partial charge in [0.15, 0.2) is 9.84 Å². The summed E-state index contributed by atoms with van der Waals surface area (Å²) in [4.78, 5) is 11.0. The van der Waals surface area contributed by atoms with Crippen molar-refractivity contribution in [2.45, 2.75) is 4.90 Å². The fraction of sp³-hybridized carbons (Fsp3) is 0.143. The third-order valence-corrected chi connectivity index (χ3v) is 3.91. The number of rotatable bonds is 4.